The Morgan fingerprint density at radius 3 is 2.59 bits per heavy atom. The second kappa shape index (κ2) is 6.80. The maximum Gasteiger partial charge on any atom is 0.251 e. The molecule has 22 heavy (non-hydrogen) atoms. The van der Waals surface area contributed by atoms with Crippen molar-refractivity contribution >= 4 is 17.5 Å². The van der Waals surface area contributed by atoms with Crippen molar-refractivity contribution in [2.75, 3.05) is 5.32 Å². The molecule has 0 unspecified atom stereocenters. The second-order valence-corrected chi connectivity index (χ2v) is 4.68. The zero-order chi connectivity index (χ0) is 16.1. The lowest BCUT2D eigenvalue weighted by Crippen LogP contribution is -2.23. The monoisotopic (exact) mass is 304 g/mol. The number of halogens is 2. The van der Waals surface area contributed by atoms with Crippen LogP contribution in [0.5, 0.6) is 0 Å². The van der Waals surface area contributed by atoms with E-state index in [0.717, 1.165) is 18.2 Å². The van der Waals surface area contributed by atoms with Gasteiger partial charge in [-0.05, 0) is 36.4 Å². The number of hydrogen-bond donors (Lipinski definition) is 2. The third kappa shape index (κ3) is 4.12. The zero-order valence-corrected chi connectivity index (χ0v) is 11.8. The third-order valence-electron chi connectivity index (χ3n) is 2.89. The number of hydrogen-bond acceptors (Lipinski definition) is 2. The highest BCUT2D eigenvalue weighted by Crippen LogP contribution is 2.12. The van der Waals surface area contributed by atoms with Crippen LogP contribution in [0.3, 0.4) is 0 Å². The average Bonchev–Trinajstić information content (AvgIpc) is 2.47. The Labute approximate surface area is 126 Å². The molecule has 0 fully saturated rings. The van der Waals surface area contributed by atoms with E-state index >= 15 is 0 Å². The second-order valence-electron chi connectivity index (χ2n) is 4.68. The van der Waals surface area contributed by atoms with Gasteiger partial charge in [-0.15, -0.1) is 0 Å². The number of amides is 2. The van der Waals surface area contributed by atoms with Crippen LogP contribution in [0.25, 0.3) is 0 Å². The summed E-state index contributed by atoms with van der Waals surface area (Å²) in [5, 5.41) is 5.07. The molecular formula is C16H14F2N2O2. The Morgan fingerprint density at radius 2 is 1.86 bits per heavy atom. The normalized spacial score (nSPS) is 10.1. The molecule has 2 amide bonds. The van der Waals surface area contributed by atoms with Gasteiger partial charge in [-0.1, -0.05) is 6.07 Å². The predicted molar refractivity (Wildman–Crippen MR) is 78.3 cm³/mol. The van der Waals surface area contributed by atoms with Crippen molar-refractivity contribution in [2.45, 2.75) is 13.5 Å². The predicted octanol–water partition coefficient (Wildman–Crippen LogP) is 2.85. The maximum atomic E-state index is 13.5. The van der Waals surface area contributed by atoms with Crippen LogP contribution < -0.4 is 10.6 Å². The molecule has 114 valence electrons. The molecule has 0 aliphatic heterocycles. The van der Waals surface area contributed by atoms with Gasteiger partial charge in [-0.25, -0.2) is 8.78 Å². The summed E-state index contributed by atoms with van der Waals surface area (Å²) in [6.45, 7) is 1.23. The fourth-order valence-corrected chi connectivity index (χ4v) is 1.90. The largest absolute Gasteiger partial charge is 0.348 e. The highest BCUT2D eigenvalue weighted by Gasteiger charge is 2.09. The van der Waals surface area contributed by atoms with Crippen molar-refractivity contribution in [3.05, 3.63) is 65.2 Å². The molecule has 4 nitrogen and oxygen atoms in total. The molecule has 2 N–H and O–H groups in total. The summed E-state index contributed by atoms with van der Waals surface area (Å²) in [6.07, 6.45) is 0. The fraction of sp³-hybridized carbons (Fsp3) is 0.125. The highest BCUT2D eigenvalue weighted by atomic mass is 19.1. The van der Waals surface area contributed by atoms with Crippen molar-refractivity contribution in [3.8, 4) is 0 Å². The van der Waals surface area contributed by atoms with Crippen LogP contribution in [0, 0.1) is 11.6 Å². The van der Waals surface area contributed by atoms with Crippen LogP contribution in [-0.2, 0) is 11.3 Å². The summed E-state index contributed by atoms with van der Waals surface area (Å²) >= 11 is 0. The number of carbonyl (C=O) groups is 2. The van der Waals surface area contributed by atoms with E-state index in [2.05, 4.69) is 10.6 Å². The van der Waals surface area contributed by atoms with Crippen molar-refractivity contribution in [2.24, 2.45) is 0 Å². The lowest BCUT2D eigenvalue weighted by molar-refractivity contribution is -0.114. The minimum atomic E-state index is -0.589. The maximum absolute atomic E-state index is 13.5. The number of anilines is 1. The quantitative estimate of drug-likeness (QED) is 0.912. The Bertz CT molecular complexity index is 717. The minimum absolute atomic E-state index is 0.0614. The molecule has 0 aromatic heterocycles. The van der Waals surface area contributed by atoms with E-state index < -0.39 is 17.5 Å². The molecule has 0 aliphatic carbocycles. The Morgan fingerprint density at radius 1 is 1.09 bits per heavy atom. The van der Waals surface area contributed by atoms with E-state index in [4.69, 9.17) is 0 Å². The molecule has 0 heterocycles. The van der Waals surface area contributed by atoms with E-state index in [9.17, 15) is 18.4 Å². The van der Waals surface area contributed by atoms with Crippen molar-refractivity contribution in [1.82, 2.24) is 5.32 Å². The molecule has 0 bridgehead atoms. The molecule has 2 aromatic carbocycles. The SMILES string of the molecule is CC(=O)Nc1cccc(C(=O)NCc2cc(F)ccc2F)c1. The van der Waals surface area contributed by atoms with Gasteiger partial charge in [-0.3, -0.25) is 9.59 Å². The zero-order valence-electron chi connectivity index (χ0n) is 11.8. The first-order valence-corrected chi connectivity index (χ1v) is 6.55. The van der Waals surface area contributed by atoms with E-state index in [-0.39, 0.29) is 18.0 Å². The molecule has 0 aliphatic rings. The molecule has 6 heteroatoms. The van der Waals surface area contributed by atoms with Gasteiger partial charge in [0.05, 0.1) is 0 Å². The first kappa shape index (κ1) is 15.6. The lowest BCUT2D eigenvalue weighted by atomic mass is 10.1. The smallest absolute Gasteiger partial charge is 0.251 e. The van der Waals surface area contributed by atoms with E-state index in [1.165, 1.54) is 13.0 Å². The Kier molecular flexibility index (Phi) is 4.83. The molecule has 0 atom stereocenters. The molecule has 0 spiro atoms. The Balaban J connectivity index is 2.06. The number of benzene rings is 2. The average molecular weight is 304 g/mol. The van der Waals surface area contributed by atoms with Gasteiger partial charge in [0, 0.05) is 30.3 Å². The lowest BCUT2D eigenvalue weighted by Gasteiger charge is -2.08. The fourth-order valence-electron chi connectivity index (χ4n) is 1.90. The van der Waals surface area contributed by atoms with Gasteiger partial charge >= 0.3 is 0 Å². The first-order valence-electron chi connectivity index (χ1n) is 6.55. The Hall–Kier alpha value is -2.76. The van der Waals surface area contributed by atoms with Crippen LogP contribution in [-0.4, -0.2) is 11.8 Å². The first-order chi connectivity index (χ1) is 10.5. The highest BCUT2D eigenvalue weighted by molar-refractivity contribution is 5.96. The summed E-state index contributed by atoms with van der Waals surface area (Å²) in [6, 6.07) is 9.36. The molecule has 0 saturated carbocycles. The number of carbonyl (C=O) groups excluding carboxylic acids is 2. The van der Waals surface area contributed by atoms with Crippen molar-refractivity contribution in [1.29, 1.82) is 0 Å². The van der Waals surface area contributed by atoms with Crippen molar-refractivity contribution in [3.63, 3.8) is 0 Å². The van der Waals surface area contributed by atoms with E-state index in [1.54, 1.807) is 18.2 Å². The van der Waals surface area contributed by atoms with Crippen LogP contribution in [0.2, 0.25) is 0 Å². The summed E-state index contributed by atoms with van der Waals surface area (Å²) in [5.74, 6) is -1.86. The van der Waals surface area contributed by atoms with Gasteiger partial charge in [0.2, 0.25) is 5.91 Å². The van der Waals surface area contributed by atoms with E-state index in [1.807, 2.05) is 0 Å². The van der Waals surface area contributed by atoms with Crippen LogP contribution >= 0.6 is 0 Å². The summed E-state index contributed by atoms with van der Waals surface area (Å²) in [5.41, 5.74) is 0.853. The molecule has 2 aromatic rings. The van der Waals surface area contributed by atoms with Crippen LogP contribution in [0.4, 0.5) is 14.5 Å². The van der Waals surface area contributed by atoms with E-state index in [0.29, 0.717) is 11.3 Å². The topological polar surface area (TPSA) is 58.2 Å². The van der Waals surface area contributed by atoms with Gasteiger partial charge < -0.3 is 10.6 Å². The summed E-state index contributed by atoms with van der Waals surface area (Å²) < 4.78 is 26.5. The van der Waals surface area contributed by atoms with Crippen molar-refractivity contribution < 1.29 is 18.4 Å². The number of nitrogens with one attached hydrogen (secondary N) is 2. The molecule has 2 rings (SSSR count). The molecular weight excluding hydrogens is 290 g/mol. The molecule has 0 saturated heterocycles. The van der Waals surface area contributed by atoms with Crippen LogP contribution in [0.1, 0.15) is 22.8 Å². The summed E-state index contributed by atoms with van der Waals surface area (Å²) in [4.78, 5) is 23.0. The third-order valence-corrected chi connectivity index (χ3v) is 2.89. The molecule has 0 radical (unpaired) electrons. The van der Waals surface area contributed by atoms with Gasteiger partial charge in [0.25, 0.3) is 5.91 Å². The van der Waals surface area contributed by atoms with Gasteiger partial charge in [-0.2, -0.15) is 0 Å². The van der Waals surface area contributed by atoms with Gasteiger partial charge in [0.15, 0.2) is 0 Å². The minimum Gasteiger partial charge on any atom is -0.348 e. The summed E-state index contributed by atoms with van der Waals surface area (Å²) in [7, 11) is 0. The van der Waals surface area contributed by atoms with Gasteiger partial charge in [0.1, 0.15) is 11.6 Å². The number of rotatable bonds is 4. The van der Waals surface area contributed by atoms with Crippen LogP contribution in [0.15, 0.2) is 42.5 Å². The standard InChI is InChI=1S/C16H14F2N2O2/c1-10(21)20-14-4-2-3-11(8-14)16(22)19-9-12-7-13(17)5-6-15(12)18/h2-8H,9H2,1H3,(H,19,22)(H,20,21).